The smallest absolute Gasteiger partial charge is 0.303 e. The summed E-state index contributed by atoms with van der Waals surface area (Å²) in [5, 5.41) is 8.07. The second kappa shape index (κ2) is 4.73. The summed E-state index contributed by atoms with van der Waals surface area (Å²) in [6, 6.07) is 5.77. The van der Waals surface area contributed by atoms with Gasteiger partial charge in [0.2, 0.25) is 0 Å². The van der Waals surface area contributed by atoms with Crippen molar-refractivity contribution in [1.82, 2.24) is 15.0 Å². The van der Waals surface area contributed by atoms with Crippen LogP contribution in [-0.2, 0) is 16.1 Å². The van der Waals surface area contributed by atoms with Crippen LogP contribution in [0.25, 0.3) is 5.69 Å². The number of rotatable bonds is 3. The Hall–Kier alpha value is -2.24. The summed E-state index contributed by atoms with van der Waals surface area (Å²) < 4.78 is 17.5. The number of benzene rings is 1. The van der Waals surface area contributed by atoms with E-state index in [0.717, 1.165) is 0 Å². The van der Waals surface area contributed by atoms with Crippen LogP contribution >= 0.6 is 0 Å². The van der Waals surface area contributed by atoms with Gasteiger partial charge in [0.1, 0.15) is 18.1 Å². The third kappa shape index (κ3) is 2.87. The fourth-order valence-corrected chi connectivity index (χ4v) is 1.24. The molecule has 0 saturated heterocycles. The Morgan fingerprint density at radius 3 is 2.76 bits per heavy atom. The first-order valence-corrected chi connectivity index (χ1v) is 4.95. The summed E-state index contributed by atoms with van der Waals surface area (Å²) in [5.41, 5.74) is 1.17. The van der Waals surface area contributed by atoms with E-state index in [-0.39, 0.29) is 18.4 Å². The van der Waals surface area contributed by atoms with E-state index in [1.165, 1.54) is 30.0 Å². The quantitative estimate of drug-likeness (QED) is 0.756. The average Bonchev–Trinajstić information content (AvgIpc) is 2.76. The molecule has 0 aliphatic rings. The maximum atomic E-state index is 12.7. The van der Waals surface area contributed by atoms with Crippen molar-refractivity contribution in [3.05, 3.63) is 42.0 Å². The molecule has 0 N–H and O–H groups in total. The topological polar surface area (TPSA) is 57.0 Å². The van der Waals surface area contributed by atoms with Gasteiger partial charge >= 0.3 is 5.97 Å². The molecule has 0 aliphatic carbocycles. The van der Waals surface area contributed by atoms with Crippen LogP contribution in [0.4, 0.5) is 4.39 Å². The van der Waals surface area contributed by atoms with Gasteiger partial charge in [-0.3, -0.25) is 4.79 Å². The highest BCUT2D eigenvalue weighted by atomic mass is 19.1. The molecule has 0 unspecified atom stereocenters. The molecule has 2 aromatic rings. The van der Waals surface area contributed by atoms with E-state index in [4.69, 9.17) is 4.74 Å². The molecule has 17 heavy (non-hydrogen) atoms. The van der Waals surface area contributed by atoms with E-state index in [1.54, 1.807) is 12.1 Å². The minimum absolute atomic E-state index is 0.0799. The summed E-state index contributed by atoms with van der Waals surface area (Å²) >= 11 is 0. The summed E-state index contributed by atoms with van der Waals surface area (Å²) in [5.74, 6) is -0.692. The lowest BCUT2D eigenvalue weighted by atomic mass is 10.3. The van der Waals surface area contributed by atoms with Gasteiger partial charge in [0.05, 0.1) is 11.9 Å². The molecule has 0 aliphatic heterocycles. The van der Waals surface area contributed by atoms with Gasteiger partial charge in [-0.05, 0) is 24.3 Å². The third-order valence-corrected chi connectivity index (χ3v) is 2.02. The first-order valence-electron chi connectivity index (χ1n) is 4.95. The highest BCUT2D eigenvalue weighted by Crippen LogP contribution is 2.07. The van der Waals surface area contributed by atoms with Crippen molar-refractivity contribution in [2.45, 2.75) is 13.5 Å². The maximum absolute atomic E-state index is 12.7. The van der Waals surface area contributed by atoms with Crippen molar-refractivity contribution in [2.24, 2.45) is 0 Å². The fraction of sp³-hybridized carbons (Fsp3) is 0.182. The number of ether oxygens (including phenoxy) is 1. The number of carbonyl (C=O) groups is 1. The predicted octanol–water partition coefficient (Wildman–Crippen LogP) is 1.47. The summed E-state index contributed by atoms with van der Waals surface area (Å²) in [6.45, 7) is 1.40. The van der Waals surface area contributed by atoms with E-state index in [9.17, 15) is 9.18 Å². The highest BCUT2D eigenvalue weighted by Gasteiger charge is 2.04. The summed E-state index contributed by atoms with van der Waals surface area (Å²) in [6.07, 6.45) is 1.49. The van der Waals surface area contributed by atoms with Crippen LogP contribution in [0.2, 0.25) is 0 Å². The molecule has 2 rings (SSSR count). The Morgan fingerprint density at radius 1 is 1.41 bits per heavy atom. The van der Waals surface area contributed by atoms with Gasteiger partial charge in [0.15, 0.2) is 0 Å². The van der Waals surface area contributed by atoms with E-state index in [0.29, 0.717) is 11.4 Å². The first-order chi connectivity index (χ1) is 8.15. The molecule has 1 heterocycles. The van der Waals surface area contributed by atoms with Gasteiger partial charge in [-0.25, -0.2) is 4.39 Å². The van der Waals surface area contributed by atoms with Gasteiger partial charge in [-0.1, -0.05) is 0 Å². The van der Waals surface area contributed by atoms with E-state index in [1.807, 2.05) is 0 Å². The molecule has 88 valence electrons. The van der Waals surface area contributed by atoms with Crippen molar-refractivity contribution in [2.75, 3.05) is 0 Å². The standard InChI is InChI=1S/C11H10FN3O2/c1-8(16)17-7-10-6-13-15(14-10)11-4-2-9(12)3-5-11/h2-6H,7H2,1H3. The fourth-order valence-electron chi connectivity index (χ4n) is 1.24. The number of carbonyl (C=O) groups excluding carboxylic acids is 1. The van der Waals surface area contributed by atoms with Crippen LogP contribution in [0.5, 0.6) is 0 Å². The zero-order chi connectivity index (χ0) is 12.3. The zero-order valence-electron chi connectivity index (χ0n) is 9.13. The molecular formula is C11H10FN3O2. The van der Waals surface area contributed by atoms with Crippen LogP contribution in [0.15, 0.2) is 30.5 Å². The van der Waals surface area contributed by atoms with Gasteiger partial charge in [0, 0.05) is 6.92 Å². The minimum atomic E-state index is -0.374. The van der Waals surface area contributed by atoms with Gasteiger partial charge in [-0.15, -0.1) is 5.10 Å². The van der Waals surface area contributed by atoms with Crippen molar-refractivity contribution < 1.29 is 13.9 Å². The SMILES string of the molecule is CC(=O)OCc1cnn(-c2ccc(F)cc2)n1. The molecule has 0 saturated carbocycles. The molecular weight excluding hydrogens is 225 g/mol. The monoisotopic (exact) mass is 235 g/mol. The van der Waals surface area contributed by atoms with Crippen LogP contribution in [-0.4, -0.2) is 21.0 Å². The Morgan fingerprint density at radius 2 is 2.12 bits per heavy atom. The molecule has 0 bridgehead atoms. The zero-order valence-corrected chi connectivity index (χ0v) is 9.13. The number of nitrogens with zero attached hydrogens (tertiary/aromatic N) is 3. The number of hydrogen-bond donors (Lipinski definition) is 0. The molecule has 0 spiro atoms. The van der Waals surface area contributed by atoms with Crippen LogP contribution in [0.1, 0.15) is 12.6 Å². The second-order valence-electron chi connectivity index (χ2n) is 3.38. The lowest BCUT2D eigenvalue weighted by Crippen LogP contribution is -2.02. The van der Waals surface area contributed by atoms with Crippen molar-refractivity contribution >= 4 is 5.97 Å². The number of halogens is 1. The number of aromatic nitrogens is 3. The Labute approximate surface area is 96.8 Å². The Bertz CT molecular complexity index is 522. The van der Waals surface area contributed by atoms with Crippen molar-refractivity contribution in [3.8, 4) is 5.69 Å². The second-order valence-corrected chi connectivity index (χ2v) is 3.38. The third-order valence-electron chi connectivity index (χ3n) is 2.02. The highest BCUT2D eigenvalue weighted by molar-refractivity contribution is 5.65. The molecule has 1 aromatic carbocycles. The molecule has 0 radical (unpaired) electrons. The summed E-state index contributed by atoms with van der Waals surface area (Å²) in [4.78, 5) is 12.0. The normalized spacial score (nSPS) is 10.2. The van der Waals surface area contributed by atoms with Crippen molar-refractivity contribution in [3.63, 3.8) is 0 Å². The van der Waals surface area contributed by atoms with Crippen LogP contribution < -0.4 is 0 Å². The molecule has 1 aromatic heterocycles. The minimum Gasteiger partial charge on any atom is -0.459 e. The van der Waals surface area contributed by atoms with E-state index >= 15 is 0 Å². The number of hydrogen-bond acceptors (Lipinski definition) is 4. The molecule has 0 fully saturated rings. The van der Waals surface area contributed by atoms with Crippen molar-refractivity contribution in [1.29, 1.82) is 0 Å². The van der Waals surface area contributed by atoms with E-state index < -0.39 is 0 Å². The maximum Gasteiger partial charge on any atom is 0.303 e. The first kappa shape index (κ1) is 11.3. The Balaban J connectivity index is 2.12. The molecule has 6 heteroatoms. The molecule has 0 atom stereocenters. The lowest BCUT2D eigenvalue weighted by Gasteiger charge is -1.99. The molecule has 0 amide bonds. The lowest BCUT2D eigenvalue weighted by molar-refractivity contribution is -0.142. The largest absolute Gasteiger partial charge is 0.459 e. The van der Waals surface area contributed by atoms with E-state index in [2.05, 4.69) is 10.2 Å². The van der Waals surface area contributed by atoms with Gasteiger partial charge in [-0.2, -0.15) is 9.90 Å². The average molecular weight is 235 g/mol. The predicted molar refractivity (Wildman–Crippen MR) is 56.8 cm³/mol. The summed E-state index contributed by atoms with van der Waals surface area (Å²) in [7, 11) is 0. The van der Waals surface area contributed by atoms with Gasteiger partial charge in [0.25, 0.3) is 0 Å². The molecule has 5 nitrogen and oxygen atoms in total. The van der Waals surface area contributed by atoms with Crippen LogP contribution in [0, 0.1) is 5.82 Å². The van der Waals surface area contributed by atoms with Crippen LogP contribution in [0.3, 0.4) is 0 Å². The Kier molecular flexibility index (Phi) is 3.13. The van der Waals surface area contributed by atoms with Gasteiger partial charge < -0.3 is 4.74 Å². The number of esters is 1.